The van der Waals surface area contributed by atoms with E-state index in [1.807, 2.05) is 0 Å². The SMILES string of the molecule is CCCCCCCS.S. The number of hydrogen-bond donors (Lipinski definition) is 1. The molecule has 0 aliphatic rings. The predicted molar refractivity (Wildman–Crippen MR) is 53.0 cm³/mol. The summed E-state index contributed by atoms with van der Waals surface area (Å²) >= 11 is 4.12. The van der Waals surface area contributed by atoms with Gasteiger partial charge in [0.2, 0.25) is 0 Å². The minimum Gasteiger partial charge on any atom is -0.197 e. The van der Waals surface area contributed by atoms with Gasteiger partial charge in [-0.2, -0.15) is 26.1 Å². The predicted octanol–water partition coefficient (Wildman–Crippen LogP) is 3.00. The summed E-state index contributed by atoms with van der Waals surface area (Å²) in [5.74, 6) is 1.06. The molecule has 0 atom stereocenters. The summed E-state index contributed by atoms with van der Waals surface area (Å²) in [4.78, 5) is 0. The largest absolute Gasteiger partial charge is 0.197 e. The Morgan fingerprint density at radius 2 is 1.56 bits per heavy atom. The summed E-state index contributed by atoms with van der Waals surface area (Å²) in [6.07, 6.45) is 6.80. The fraction of sp³-hybridized carbons (Fsp3) is 1.00. The molecule has 0 aromatic carbocycles. The lowest BCUT2D eigenvalue weighted by atomic mass is 10.2. The Bertz CT molecular complexity index is 31.9. The zero-order chi connectivity index (χ0) is 6.24. The second kappa shape index (κ2) is 11.5. The lowest BCUT2D eigenvalue weighted by Crippen LogP contribution is -1.76. The molecule has 0 bridgehead atoms. The summed E-state index contributed by atoms with van der Waals surface area (Å²) < 4.78 is 0. The van der Waals surface area contributed by atoms with Crippen molar-refractivity contribution in [2.45, 2.75) is 39.0 Å². The van der Waals surface area contributed by atoms with E-state index in [4.69, 9.17) is 0 Å². The van der Waals surface area contributed by atoms with Gasteiger partial charge in [0.05, 0.1) is 0 Å². The van der Waals surface area contributed by atoms with Crippen LogP contribution in [-0.2, 0) is 0 Å². The van der Waals surface area contributed by atoms with Crippen molar-refractivity contribution in [2.75, 3.05) is 5.75 Å². The lowest BCUT2D eigenvalue weighted by Gasteiger charge is -1.93. The van der Waals surface area contributed by atoms with Gasteiger partial charge in [-0.05, 0) is 12.2 Å². The number of unbranched alkanes of at least 4 members (excludes halogenated alkanes) is 4. The molecule has 0 nitrogen and oxygen atoms in total. The second-order valence-electron chi connectivity index (χ2n) is 2.14. The molecule has 0 heterocycles. The van der Waals surface area contributed by atoms with Crippen molar-refractivity contribution in [2.24, 2.45) is 0 Å². The molecular weight excluding hydrogens is 148 g/mol. The molecule has 0 aromatic heterocycles. The van der Waals surface area contributed by atoms with Gasteiger partial charge in [-0.1, -0.05) is 32.6 Å². The summed E-state index contributed by atoms with van der Waals surface area (Å²) in [5, 5.41) is 0. The maximum atomic E-state index is 4.12. The first kappa shape index (κ1) is 12.4. The Kier molecular flexibility index (Phi) is 15.8. The Morgan fingerprint density at radius 3 is 2.00 bits per heavy atom. The van der Waals surface area contributed by atoms with Gasteiger partial charge >= 0.3 is 0 Å². The molecule has 58 valence electrons. The van der Waals surface area contributed by atoms with E-state index in [0.717, 1.165) is 5.75 Å². The van der Waals surface area contributed by atoms with Crippen LogP contribution in [0.1, 0.15) is 39.0 Å². The third-order valence-electron chi connectivity index (χ3n) is 1.26. The average molecular weight is 166 g/mol. The maximum Gasteiger partial charge on any atom is -0.00979 e. The molecule has 0 N–H and O–H groups in total. The monoisotopic (exact) mass is 166 g/mol. The summed E-state index contributed by atoms with van der Waals surface area (Å²) in [7, 11) is 0. The Morgan fingerprint density at radius 1 is 1.00 bits per heavy atom. The third kappa shape index (κ3) is 12.0. The maximum absolute atomic E-state index is 4.12. The molecule has 2 heteroatoms. The highest BCUT2D eigenvalue weighted by Crippen LogP contribution is 2.02. The molecule has 0 aromatic rings. The molecule has 0 radical (unpaired) electrons. The van der Waals surface area contributed by atoms with E-state index in [1.54, 1.807) is 0 Å². The molecule has 0 saturated carbocycles. The fourth-order valence-electron chi connectivity index (χ4n) is 0.715. The molecule has 0 fully saturated rings. The van der Waals surface area contributed by atoms with Crippen LogP contribution in [0.4, 0.5) is 0 Å². The highest BCUT2D eigenvalue weighted by Gasteiger charge is 1.83. The van der Waals surface area contributed by atoms with E-state index < -0.39 is 0 Å². The van der Waals surface area contributed by atoms with Crippen LogP contribution in [0.5, 0.6) is 0 Å². The standard InChI is InChI=1S/C7H16S.H2S/c1-2-3-4-5-6-7-8;/h8H,2-7H2,1H3;1H2. The molecule has 0 aliphatic heterocycles. The van der Waals surface area contributed by atoms with E-state index in [-0.39, 0.29) is 13.5 Å². The average Bonchev–Trinajstić information content (AvgIpc) is 1.81. The Labute approximate surface area is 71.3 Å². The van der Waals surface area contributed by atoms with Crippen LogP contribution in [0.15, 0.2) is 0 Å². The van der Waals surface area contributed by atoms with Crippen molar-refractivity contribution in [3.8, 4) is 0 Å². The van der Waals surface area contributed by atoms with Gasteiger partial charge in [0, 0.05) is 0 Å². The topological polar surface area (TPSA) is 0 Å². The van der Waals surface area contributed by atoms with E-state index in [9.17, 15) is 0 Å². The highest BCUT2D eigenvalue weighted by molar-refractivity contribution is 7.80. The first-order valence-corrected chi connectivity index (χ1v) is 4.16. The van der Waals surface area contributed by atoms with Gasteiger partial charge in [-0.15, -0.1) is 0 Å². The minimum absolute atomic E-state index is 0. The van der Waals surface area contributed by atoms with Crippen LogP contribution < -0.4 is 0 Å². The molecule has 0 saturated heterocycles. The highest BCUT2D eigenvalue weighted by atomic mass is 32.1. The zero-order valence-electron chi connectivity index (χ0n) is 6.19. The van der Waals surface area contributed by atoms with Crippen LogP contribution >= 0.6 is 26.1 Å². The zero-order valence-corrected chi connectivity index (χ0v) is 8.08. The first-order chi connectivity index (χ1) is 3.91. The molecule has 9 heavy (non-hydrogen) atoms. The van der Waals surface area contributed by atoms with Gasteiger partial charge in [0.15, 0.2) is 0 Å². The van der Waals surface area contributed by atoms with Crippen molar-refractivity contribution < 1.29 is 0 Å². The number of thiol groups is 1. The van der Waals surface area contributed by atoms with Crippen molar-refractivity contribution in [3.63, 3.8) is 0 Å². The summed E-state index contributed by atoms with van der Waals surface area (Å²) in [6.45, 7) is 2.24. The van der Waals surface area contributed by atoms with Gasteiger partial charge in [0.25, 0.3) is 0 Å². The number of hydrogen-bond acceptors (Lipinski definition) is 1. The molecule has 0 aliphatic carbocycles. The minimum atomic E-state index is 0. The molecule has 0 amide bonds. The molecule has 0 spiro atoms. The van der Waals surface area contributed by atoms with Crippen LogP contribution in [-0.4, -0.2) is 5.75 Å². The lowest BCUT2D eigenvalue weighted by molar-refractivity contribution is 0.660. The summed E-state index contributed by atoms with van der Waals surface area (Å²) in [5.41, 5.74) is 0. The number of rotatable bonds is 5. The van der Waals surface area contributed by atoms with Gasteiger partial charge in [-0.25, -0.2) is 0 Å². The first-order valence-electron chi connectivity index (χ1n) is 3.52. The quantitative estimate of drug-likeness (QED) is 0.471. The molecule has 0 unspecified atom stereocenters. The van der Waals surface area contributed by atoms with Gasteiger partial charge in [0.1, 0.15) is 0 Å². The van der Waals surface area contributed by atoms with E-state index in [2.05, 4.69) is 19.6 Å². The molecular formula is C7H18S2. The van der Waals surface area contributed by atoms with Crippen LogP contribution in [0.2, 0.25) is 0 Å². The van der Waals surface area contributed by atoms with Crippen LogP contribution in [0, 0.1) is 0 Å². The second-order valence-corrected chi connectivity index (χ2v) is 2.59. The van der Waals surface area contributed by atoms with E-state index >= 15 is 0 Å². The Hall–Kier alpha value is 0.700. The van der Waals surface area contributed by atoms with Crippen LogP contribution in [0.3, 0.4) is 0 Å². The fourth-order valence-corrected chi connectivity index (χ4v) is 0.939. The van der Waals surface area contributed by atoms with Crippen molar-refractivity contribution in [1.29, 1.82) is 0 Å². The van der Waals surface area contributed by atoms with Crippen molar-refractivity contribution in [1.82, 2.24) is 0 Å². The van der Waals surface area contributed by atoms with Crippen molar-refractivity contribution >= 4 is 26.1 Å². The van der Waals surface area contributed by atoms with E-state index in [1.165, 1.54) is 32.1 Å². The Balaban J connectivity index is 0. The third-order valence-corrected chi connectivity index (χ3v) is 1.58. The van der Waals surface area contributed by atoms with Gasteiger partial charge in [-0.3, -0.25) is 0 Å². The smallest absolute Gasteiger partial charge is 0.00979 e. The normalized spacial score (nSPS) is 8.67. The molecule has 0 rings (SSSR count). The van der Waals surface area contributed by atoms with Gasteiger partial charge < -0.3 is 0 Å². The van der Waals surface area contributed by atoms with Crippen LogP contribution in [0.25, 0.3) is 0 Å². The summed E-state index contributed by atoms with van der Waals surface area (Å²) in [6, 6.07) is 0. The van der Waals surface area contributed by atoms with Crippen molar-refractivity contribution in [3.05, 3.63) is 0 Å². The van der Waals surface area contributed by atoms with E-state index in [0.29, 0.717) is 0 Å².